The number of primary amides is 1. The van der Waals surface area contributed by atoms with Crippen LogP contribution in [0.15, 0.2) is 29.3 Å². The third-order valence-electron chi connectivity index (χ3n) is 3.19. The first-order valence-corrected chi connectivity index (χ1v) is 8.15. The van der Waals surface area contributed by atoms with Crippen molar-refractivity contribution in [3.63, 3.8) is 0 Å². The van der Waals surface area contributed by atoms with Crippen LogP contribution in [-0.4, -0.2) is 51.9 Å². The number of hydrogen-bond acceptors (Lipinski definition) is 4. The molecule has 134 valence electrons. The maximum absolute atomic E-state index is 11.2. The number of carbonyl (C=O) groups excluding carboxylic acids is 1. The van der Waals surface area contributed by atoms with Crippen molar-refractivity contribution in [1.29, 1.82) is 0 Å². The lowest BCUT2D eigenvalue weighted by molar-refractivity contribution is 0.1000. The number of ether oxygens (including phenoxy) is 2. The smallest absolute Gasteiger partial charge is 0.248 e. The van der Waals surface area contributed by atoms with E-state index in [4.69, 9.17) is 15.2 Å². The van der Waals surface area contributed by atoms with Crippen LogP contribution < -0.4 is 16.4 Å². The number of aliphatic imine (C=N–C) groups is 1. The Morgan fingerprint density at radius 3 is 2.75 bits per heavy atom. The lowest BCUT2D eigenvalue weighted by Gasteiger charge is -2.12. The summed E-state index contributed by atoms with van der Waals surface area (Å²) in [6, 6.07) is 7.17. The summed E-state index contributed by atoms with van der Waals surface area (Å²) in [5, 5.41) is 6.46. The summed E-state index contributed by atoms with van der Waals surface area (Å²) in [4.78, 5) is 15.8. The number of amides is 1. The first-order chi connectivity index (χ1) is 11.7. The van der Waals surface area contributed by atoms with E-state index in [9.17, 15) is 4.79 Å². The van der Waals surface area contributed by atoms with Crippen molar-refractivity contribution in [1.82, 2.24) is 10.6 Å². The average molecular weight is 336 g/mol. The molecule has 7 nitrogen and oxygen atoms in total. The van der Waals surface area contributed by atoms with Gasteiger partial charge >= 0.3 is 0 Å². The molecule has 0 aliphatic rings. The van der Waals surface area contributed by atoms with Crippen molar-refractivity contribution in [2.45, 2.75) is 19.9 Å². The van der Waals surface area contributed by atoms with Crippen LogP contribution in [0.3, 0.4) is 0 Å². The second-order valence-electron chi connectivity index (χ2n) is 5.13. The molecule has 0 saturated heterocycles. The van der Waals surface area contributed by atoms with E-state index in [0.717, 1.165) is 31.7 Å². The molecule has 0 spiro atoms. The molecule has 0 radical (unpaired) electrons. The quantitative estimate of drug-likeness (QED) is 0.317. The first kappa shape index (κ1) is 19.9. The van der Waals surface area contributed by atoms with E-state index < -0.39 is 5.91 Å². The highest BCUT2D eigenvalue weighted by Gasteiger charge is 2.02. The number of nitrogens with two attached hydrogens (primary N) is 1. The summed E-state index contributed by atoms with van der Waals surface area (Å²) >= 11 is 0. The van der Waals surface area contributed by atoms with Crippen LogP contribution >= 0.6 is 0 Å². The van der Waals surface area contributed by atoms with Crippen molar-refractivity contribution >= 4 is 11.9 Å². The molecule has 0 aliphatic heterocycles. The molecule has 0 saturated carbocycles. The maximum Gasteiger partial charge on any atom is 0.248 e. The van der Waals surface area contributed by atoms with E-state index in [-0.39, 0.29) is 0 Å². The predicted molar refractivity (Wildman–Crippen MR) is 95.1 cm³/mol. The number of carbonyl (C=O) groups is 1. The molecule has 0 aromatic heterocycles. The Hall–Kier alpha value is -2.12. The van der Waals surface area contributed by atoms with E-state index in [1.807, 2.05) is 13.0 Å². The summed E-state index contributed by atoms with van der Waals surface area (Å²) in [6.07, 6.45) is 0.899. The molecule has 0 aliphatic carbocycles. The highest BCUT2D eigenvalue weighted by molar-refractivity contribution is 5.92. The largest absolute Gasteiger partial charge is 0.383 e. The van der Waals surface area contributed by atoms with Gasteiger partial charge in [0, 0.05) is 39.0 Å². The van der Waals surface area contributed by atoms with Gasteiger partial charge in [0.05, 0.1) is 13.2 Å². The summed E-state index contributed by atoms with van der Waals surface area (Å²) in [5.74, 6) is 0.265. The minimum absolute atomic E-state index is 0.437. The Morgan fingerprint density at radius 1 is 1.25 bits per heavy atom. The topological polar surface area (TPSA) is 98.0 Å². The van der Waals surface area contributed by atoms with Crippen LogP contribution in [0.1, 0.15) is 29.3 Å². The number of nitrogens with one attached hydrogen (secondary N) is 2. The second kappa shape index (κ2) is 12.3. The Balaban J connectivity index is 2.58. The third-order valence-corrected chi connectivity index (χ3v) is 3.19. The zero-order valence-corrected chi connectivity index (χ0v) is 14.5. The van der Waals surface area contributed by atoms with E-state index in [1.54, 1.807) is 25.3 Å². The van der Waals surface area contributed by atoms with Crippen LogP contribution in [0.4, 0.5) is 0 Å². The van der Waals surface area contributed by atoms with Crippen LogP contribution in [0.2, 0.25) is 0 Å². The third kappa shape index (κ3) is 8.50. The Bertz CT molecular complexity index is 520. The molecule has 0 fully saturated rings. The standard InChI is InChI=1S/C17H28N4O3/c1-3-24-10-5-8-19-17(20-9-11-23-2)21-13-14-6-4-7-15(12-14)16(18)22/h4,6-7,12H,3,5,8-11,13H2,1-2H3,(H2,18,22)(H2,19,20,21). The normalized spacial score (nSPS) is 11.3. The molecule has 0 bridgehead atoms. The zero-order chi connectivity index (χ0) is 17.6. The van der Waals surface area contributed by atoms with Gasteiger partial charge in [0.25, 0.3) is 0 Å². The van der Waals surface area contributed by atoms with E-state index >= 15 is 0 Å². The monoisotopic (exact) mass is 336 g/mol. The van der Waals surface area contributed by atoms with Gasteiger partial charge < -0.3 is 25.8 Å². The Labute approximate surface area is 143 Å². The molecule has 0 heterocycles. The van der Waals surface area contributed by atoms with Crippen molar-refractivity contribution in [3.05, 3.63) is 35.4 Å². The van der Waals surface area contributed by atoms with Gasteiger partial charge in [-0.05, 0) is 31.0 Å². The summed E-state index contributed by atoms with van der Waals surface area (Å²) in [6.45, 7) is 5.90. The average Bonchev–Trinajstić information content (AvgIpc) is 2.59. The number of methoxy groups -OCH3 is 1. The molecule has 24 heavy (non-hydrogen) atoms. The van der Waals surface area contributed by atoms with Crippen LogP contribution in [0, 0.1) is 0 Å². The van der Waals surface area contributed by atoms with Crippen LogP contribution in [-0.2, 0) is 16.0 Å². The SMILES string of the molecule is CCOCCCNC(=NCc1cccc(C(N)=O)c1)NCCOC. The van der Waals surface area contributed by atoms with E-state index in [2.05, 4.69) is 15.6 Å². The van der Waals surface area contributed by atoms with Gasteiger partial charge in [-0.25, -0.2) is 4.99 Å². The molecule has 7 heteroatoms. The van der Waals surface area contributed by atoms with Crippen molar-refractivity contribution in [2.24, 2.45) is 10.7 Å². The zero-order valence-electron chi connectivity index (χ0n) is 14.5. The fourth-order valence-electron chi connectivity index (χ4n) is 1.96. The highest BCUT2D eigenvalue weighted by Crippen LogP contribution is 2.06. The molecule has 0 atom stereocenters. The molecule has 4 N–H and O–H groups in total. The fourth-order valence-corrected chi connectivity index (χ4v) is 1.96. The fraction of sp³-hybridized carbons (Fsp3) is 0.529. The highest BCUT2D eigenvalue weighted by atomic mass is 16.5. The number of benzene rings is 1. The van der Waals surface area contributed by atoms with Gasteiger partial charge in [0.15, 0.2) is 5.96 Å². The Morgan fingerprint density at radius 2 is 2.04 bits per heavy atom. The van der Waals surface area contributed by atoms with Crippen LogP contribution in [0.25, 0.3) is 0 Å². The van der Waals surface area contributed by atoms with Gasteiger partial charge in [-0.1, -0.05) is 12.1 Å². The number of hydrogen-bond donors (Lipinski definition) is 3. The molecule has 1 aromatic carbocycles. The number of guanidine groups is 1. The molecule has 1 amide bonds. The van der Waals surface area contributed by atoms with Gasteiger partial charge in [0.2, 0.25) is 5.91 Å². The summed E-state index contributed by atoms with van der Waals surface area (Å²) < 4.78 is 10.4. The molecule has 1 rings (SSSR count). The number of nitrogens with zero attached hydrogens (tertiary/aromatic N) is 1. The minimum Gasteiger partial charge on any atom is -0.383 e. The lowest BCUT2D eigenvalue weighted by Crippen LogP contribution is -2.39. The molecule has 0 unspecified atom stereocenters. The molecular formula is C17H28N4O3. The second-order valence-corrected chi connectivity index (χ2v) is 5.13. The summed E-state index contributed by atoms with van der Waals surface area (Å²) in [5.41, 5.74) is 6.71. The number of rotatable bonds is 11. The van der Waals surface area contributed by atoms with Crippen molar-refractivity contribution < 1.29 is 14.3 Å². The lowest BCUT2D eigenvalue weighted by atomic mass is 10.1. The maximum atomic E-state index is 11.2. The van der Waals surface area contributed by atoms with Gasteiger partial charge in [-0.15, -0.1) is 0 Å². The minimum atomic E-state index is -0.437. The van der Waals surface area contributed by atoms with Crippen molar-refractivity contribution in [2.75, 3.05) is 40.0 Å². The molecular weight excluding hydrogens is 308 g/mol. The van der Waals surface area contributed by atoms with Gasteiger partial charge in [0.1, 0.15) is 0 Å². The van der Waals surface area contributed by atoms with Crippen molar-refractivity contribution in [3.8, 4) is 0 Å². The summed E-state index contributed by atoms with van der Waals surface area (Å²) in [7, 11) is 1.66. The Kier molecular flexibility index (Phi) is 10.2. The predicted octanol–water partition coefficient (Wildman–Crippen LogP) is 0.894. The first-order valence-electron chi connectivity index (χ1n) is 8.15. The van der Waals surface area contributed by atoms with E-state index in [0.29, 0.717) is 31.2 Å². The molecule has 1 aromatic rings. The van der Waals surface area contributed by atoms with E-state index in [1.165, 1.54) is 0 Å². The van der Waals surface area contributed by atoms with Gasteiger partial charge in [-0.2, -0.15) is 0 Å². The van der Waals surface area contributed by atoms with Gasteiger partial charge in [-0.3, -0.25) is 4.79 Å². The van der Waals surface area contributed by atoms with Crippen LogP contribution in [0.5, 0.6) is 0 Å².